The number of nitrogens with one attached hydrogen (secondary N) is 1. The van der Waals surface area contributed by atoms with Gasteiger partial charge in [-0.25, -0.2) is 0 Å². The average Bonchev–Trinajstić information content (AvgIpc) is 2.25. The van der Waals surface area contributed by atoms with Gasteiger partial charge in [-0.3, -0.25) is 0 Å². The summed E-state index contributed by atoms with van der Waals surface area (Å²) in [6, 6.07) is 0.628. The molecule has 0 aliphatic heterocycles. The minimum absolute atomic E-state index is 0.192. The predicted molar refractivity (Wildman–Crippen MR) is 74.1 cm³/mol. The van der Waals surface area contributed by atoms with Gasteiger partial charge in [-0.15, -0.1) is 0 Å². The first-order chi connectivity index (χ1) is 7.91. The molecule has 0 aromatic rings. The van der Waals surface area contributed by atoms with E-state index in [0.29, 0.717) is 6.04 Å². The maximum atomic E-state index is 9.47. The SMILES string of the molecule is CC(O)CC(C)(C)CNC(C)C1CCCCC1. The van der Waals surface area contributed by atoms with E-state index in [0.717, 1.165) is 18.9 Å². The zero-order chi connectivity index (χ0) is 12.9. The molecule has 1 aliphatic rings. The summed E-state index contributed by atoms with van der Waals surface area (Å²) in [6.07, 6.45) is 7.71. The lowest BCUT2D eigenvalue weighted by Crippen LogP contribution is -2.41. The molecule has 0 radical (unpaired) electrons. The van der Waals surface area contributed by atoms with Crippen molar-refractivity contribution in [3.8, 4) is 0 Å². The van der Waals surface area contributed by atoms with Gasteiger partial charge in [0.1, 0.15) is 0 Å². The van der Waals surface area contributed by atoms with Crippen molar-refractivity contribution in [1.29, 1.82) is 0 Å². The van der Waals surface area contributed by atoms with Gasteiger partial charge < -0.3 is 10.4 Å². The molecule has 17 heavy (non-hydrogen) atoms. The molecular formula is C15H31NO. The van der Waals surface area contributed by atoms with E-state index in [9.17, 15) is 5.11 Å². The first kappa shape index (κ1) is 15.0. The summed E-state index contributed by atoms with van der Waals surface area (Å²) in [5, 5.41) is 13.2. The molecule has 2 N–H and O–H groups in total. The highest BCUT2D eigenvalue weighted by Crippen LogP contribution is 2.27. The van der Waals surface area contributed by atoms with Crippen LogP contribution in [0, 0.1) is 11.3 Å². The minimum Gasteiger partial charge on any atom is -0.393 e. The molecule has 0 heterocycles. The van der Waals surface area contributed by atoms with E-state index in [4.69, 9.17) is 0 Å². The van der Waals surface area contributed by atoms with Crippen LogP contribution in [0.1, 0.15) is 66.2 Å². The Morgan fingerprint density at radius 1 is 1.18 bits per heavy atom. The number of aliphatic hydroxyl groups is 1. The van der Waals surface area contributed by atoms with Gasteiger partial charge in [-0.1, -0.05) is 33.1 Å². The van der Waals surface area contributed by atoms with E-state index in [-0.39, 0.29) is 11.5 Å². The van der Waals surface area contributed by atoms with Gasteiger partial charge in [0.15, 0.2) is 0 Å². The van der Waals surface area contributed by atoms with Crippen LogP contribution >= 0.6 is 0 Å². The summed E-state index contributed by atoms with van der Waals surface area (Å²) >= 11 is 0. The fourth-order valence-corrected chi connectivity index (χ4v) is 3.11. The molecule has 0 amide bonds. The molecule has 1 rings (SSSR count). The predicted octanol–water partition coefficient (Wildman–Crippen LogP) is 3.34. The minimum atomic E-state index is -0.197. The molecule has 2 unspecified atom stereocenters. The molecule has 1 aliphatic carbocycles. The van der Waals surface area contributed by atoms with Crippen molar-refractivity contribution in [2.45, 2.75) is 78.4 Å². The largest absolute Gasteiger partial charge is 0.393 e. The third kappa shape index (κ3) is 5.87. The van der Waals surface area contributed by atoms with Crippen LogP contribution in [0.15, 0.2) is 0 Å². The molecule has 0 spiro atoms. The van der Waals surface area contributed by atoms with Crippen molar-refractivity contribution in [2.24, 2.45) is 11.3 Å². The lowest BCUT2D eigenvalue weighted by Gasteiger charge is -2.33. The normalized spacial score (nSPS) is 22.4. The third-order valence-corrected chi connectivity index (χ3v) is 4.11. The van der Waals surface area contributed by atoms with E-state index in [1.54, 1.807) is 0 Å². The van der Waals surface area contributed by atoms with Gasteiger partial charge in [0.2, 0.25) is 0 Å². The second-order valence-electron chi connectivity index (χ2n) is 6.79. The van der Waals surface area contributed by atoms with Crippen LogP contribution < -0.4 is 5.32 Å². The van der Waals surface area contributed by atoms with Crippen molar-refractivity contribution in [1.82, 2.24) is 5.32 Å². The highest BCUT2D eigenvalue weighted by molar-refractivity contribution is 4.80. The maximum Gasteiger partial charge on any atom is 0.0517 e. The molecule has 2 heteroatoms. The Hall–Kier alpha value is -0.0800. The number of rotatable bonds is 6. The molecule has 2 atom stereocenters. The van der Waals surface area contributed by atoms with Gasteiger partial charge >= 0.3 is 0 Å². The molecule has 0 saturated heterocycles. The van der Waals surface area contributed by atoms with Crippen LogP contribution in [0.5, 0.6) is 0 Å². The number of hydrogen-bond acceptors (Lipinski definition) is 2. The Morgan fingerprint density at radius 2 is 1.76 bits per heavy atom. The van der Waals surface area contributed by atoms with Gasteiger partial charge in [0.05, 0.1) is 6.10 Å². The zero-order valence-corrected chi connectivity index (χ0v) is 12.1. The van der Waals surface area contributed by atoms with E-state index < -0.39 is 0 Å². The van der Waals surface area contributed by atoms with E-state index >= 15 is 0 Å². The number of hydrogen-bond donors (Lipinski definition) is 2. The van der Waals surface area contributed by atoms with Crippen LogP contribution in [0.3, 0.4) is 0 Å². The molecule has 0 aromatic heterocycles. The fraction of sp³-hybridized carbons (Fsp3) is 1.00. The topological polar surface area (TPSA) is 32.3 Å². The Labute approximate surface area is 107 Å². The summed E-state index contributed by atoms with van der Waals surface area (Å²) in [4.78, 5) is 0. The Kier molecular flexibility index (Phi) is 5.94. The van der Waals surface area contributed by atoms with Crippen LogP contribution in [0.4, 0.5) is 0 Å². The highest BCUT2D eigenvalue weighted by atomic mass is 16.3. The van der Waals surface area contributed by atoms with Crippen molar-refractivity contribution in [3.05, 3.63) is 0 Å². The van der Waals surface area contributed by atoms with Gasteiger partial charge in [-0.2, -0.15) is 0 Å². The van der Waals surface area contributed by atoms with Crippen LogP contribution in [0.2, 0.25) is 0 Å². The van der Waals surface area contributed by atoms with Gasteiger partial charge in [0, 0.05) is 12.6 Å². The van der Waals surface area contributed by atoms with E-state index in [1.165, 1.54) is 32.1 Å². The molecule has 2 nitrogen and oxygen atoms in total. The van der Waals surface area contributed by atoms with E-state index in [2.05, 4.69) is 26.1 Å². The Morgan fingerprint density at radius 3 is 2.29 bits per heavy atom. The molecule has 1 saturated carbocycles. The van der Waals surface area contributed by atoms with Crippen LogP contribution in [0.25, 0.3) is 0 Å². The Bertz CT molecular complexity index is 207. The number of aliphatic hydroxyl groups excluding tert-OH is 1. The van der Waals surface area contributed by atoms with Crippen molar-refractivity contribution >= 4 is 0 Å². The molecular weight excluding hydrogens is 210 g/mol. The molecule has 0 bridgehead atoms. The van der Waals surface area contributed by atoms with Gasteiger partial charge in [0.25, 0.3) is 0 Å². The second kappa shape index (κ2) is 6.75. The molecule has 102 valence electrons. The molecule has 0 aromatic carbocycles. The quantitative estimate of drug-likeness (QED) is 0.747. The average molecular weight is 241 g/mol. The highest BCUT2D eigenvalue weighted by Gasteiger charge is 2.24. The molecule has 1 fully saturated rings. The summed E-state index contributed by atoms with van der Waals surface area (Å²) in [5.41, 5.74) is 0.192. The third-order valence-electron chi connectivity index (χ3n) is 4.11. The maximum absolute atomic E-state index is 9.47. The van der Waals surface area contributed by atoms with E-state index in [1.807, 2.05) is 6.92 Å². The fourth-order valence-electron chi connectivity index (χ4n) is 3.11. The lowest BCUT2D eigenvalue weighted by atomic mass is 9.83. The van der Waals surface area contributed by atoms with Crippen LogP contribution in [-0.2, 0) is 0 Å². The van der Waals surface area contributed by atoms with Crippen molar-refractivity contribution < 1.29 is 5.11 Å². The Balaban J connectivity index is 2.28. The lowest BCUT2D eigenvalue weighted by molar-refractivity contribution is 0.123. The van der Waals surface area contributed by atoms with Crippen LogP contribution in [-0.4, -0.2) is 23.8 Å². The monoisotopic (exact) mass is 241 g/mol. The van der Waals surface area contributed by atoms with Gasteiger partial charge in [-0.05, 0) is 44.4 Å². The zero-order valence-electron chi connectivity index (χ0n) is 12.1. The smallest absolute Gasteiger partial charge is 0.0517 e. The summed E-state index contributed by atoms with van der Waals surface area (Å²) in [7, 11) is 0. The standard InChI is InChI=1S/C15H31NO/c1-12(17)10-15(3,4)11-16-13(2)14-8-6-5-7-9-14/h12-14,16-17H,5-11H2,1-4H3. The first-order valence-electron chi connectivity index (χ1n) is 7.32. The van der Waals surface area contributed by atoms with Crippen molar-refractivity contribution in [2.75, 3.05) is 6.54 Å². The summed E-state index contributed by atoms with van der Waals surface area (Å²) in [6.45, 7) is 9.69. The summed E-state index contributed by atoms with van der Waals surface area (Å²) < 4.78 is 0. The summed E-state index contributed by atoms with van der Waals surface area (Å²) in [5.74, 6) is 0.867. The second-order valence-corrected chi connectivity index (χ2v) is 6.79. The first-order valence-corrected chi connectivity index (χ1v) is 7.32. The van der Waals surface area contributed by atoms with Crippen molar-refractivity contribution in [3.63, 3.8) is 0 Å².